The Balaban J connectivity index is 1.37. The minimum atomic E-state index is -0.323. The number of aryl methyl sites for hydroxylation is 2. The van der Waals surface area contributed by atoms with Crippen LogP contribution in [0.15, 0.2) is 53.4 Å². The molecule has 1 amide bonds. The summed E-state index contributed by atoms with van der Waals surface area (Å²) in [6.45, 7) is 6.66. The van der Waals surface area contributed by atoms with Gasteiger partial charge in [0.2, 0.25) is 5.91 Å². The molecule has 0 atom stereocenters. The molecule has 0 spiro atoms. The van der Waals surface area contributed by atoms with Crippen LogP contribution < -0.4 is 16.4 Å². The van der Waals surface area contributed by atoms with Crippen LogP contribution in [0.3, 0.4) is 0 Å². The predicted molar refractivity (Wildman–Crippen MR) is 144 cm³/mol. The lowest BCUT2D eigenvalue weighted by molar-refractivity contribution is -0.132. The van der Waals surface area contributed by atoms with Crippen LogP contribution >= 0.6 is 0 Å². The van der Waals surface area contributed by atoms with Crippen LogP contribution in [-0.2, 0) is 4.79 Å². The Labute approximate surface area is 215 Å². The molecule has 37 heavy (non-hydrogen) atoms. The summed E-state index contributed by atoms with van der Waals surface area (Å²) in [5.41, 5.74) is 10.2. The first-order chi connectivity index (χ1) is 17.9. The van der Waals surface area contributed by atoms with Gasteiger partial charge < -0.3 is 21.3 Å². The summed E-state index contributed by atoms with van der Waals surface area (Å²) in [6, 6.07) is 7.31. The zero-order valence-corrected chi connectivity index (χ0v) is 21.2. The van der Waals surface area contributed by atoms with Crippen molar-refractivity contribution in [1.29, 1.82) is 0 Å². The molecule has 0 unspecified atom stereocenters. The van der Waals surface area contributed by atoms with Crippen LogP contribution in [0.2, 0.25) is 0 Å². The number of carbonyl (C=O) groups is 1. The van der Waals surface area contributed by atoms with Crippen molar-refractivity contribution in [2.45, 2.75) is 39.2 Å². The topological polar surface area (TPSA) is 109 Å². The number of piperidine rings is 1. The number of amides is 1. The van der Waals surface area contributed by atoms with Crippen LogP contribution in [0.4, 0.5) is 10.2 Å². The third kappa shape index (κ3) is 5.61. The van der Waals surface area contributed by atoms with E-state index < -0.39 is 0 Å². The van der Waals surface area contributed by atoms with Gasteiger partial charge in [0, 0.05) is 59.3 Å². The number of hydrogen-bond acceptors (Lipinski definition) is 6. The molecule has 2 fully saturated rings. The Morgan fingerprint density at radius 3 is 2.70 bits per heavy atom. The molecule has 2 saturated heterocycles. The highest BCUT2D eigenvalue weighted by molar-refractivity contribution is 5.95. The second-order valence-corrected chi connectivity index (χ2v) is 9.74. The number of carbonyl (C=O) groups excluding carboxylic acids is 1. The lowest BCUT2D eigenvalue weighted by atomic mass is 9.99. The normalized spacial score (nSPS) is 18.8. The lowest BCUT2D eigenvalue weighted by Gasteiger charge is -2.33. The molecule has 8 nitrogen and oxygen atoms in total. The molecular weight excluding hydrogens is 469 g/mol. The summed E-state index contributed by atoms with van der Waals surface area (Å²) in [7, 11) is 0. The molecular formula is C28H32FN7O. The van der Waals surface area contributed by atoms with Gasteiger partial charge in [0.1, 0.15) is 11.7 Å². The number of fused-ring (bicyclic) bond motifs is 1. The summed E-state index contributed by atoms with van der Waals surface area (Å²) in [6.07, 6.45) is 7.71. The van der Waals surface area contributed by atoms with Gasteiger partial charge in [-0.1, -0.05) is 0 Å². The molecule has 4 heterocycles. The molecule has 2 aliphatic rings. The molecule has 1 aromatic carbocycles. The number of nitrogens with zero attached hydrogens (tertiary/aromatic N) is 4. The maximum Gasteiger partial charge on any atom is 0.242 e. The molecule has 9 heteroatoms. The van der Waals surface area contributed by atoms with Crippen molar-refractivity contribution >= 4 is 28.3 Å². The van der Waals surface area contributed by atoms with E-state index in [1.54, 1.807) is 30.6 Å². The van der Waals surface area contributed by atoms with Gasteiger partial charge in [0.15, 0.2) is 5.82 Å². The van der Waals surface area contributed by atoms with Crippen LogP contribution in [-0.4, -0.2) is 58.8 Å². The van der Waals surface area contributed by atoms with Gasteiger partial charge in [0.25, 0.3) is 0 Å². The minimum Gasteiger partial charge on any atom is -0.384 e. The average molecular weight is 502 g/mol. The smallest absolute Gasteiger partial charge is 0.242 e. The Hall–Kier alpha value is -3.85. The van der Waals surface area contributed by atoms with Crippen molar-refractivity contribution in [3.05, 3.63) is 65.5 Å². The van der Waals surface area contributed by atoms with Gasteiger partial charge in [-0.15, -0.1) is 0 Å². The second kappa shape index (κ2) is 10.6. The summed E-state index contributed by atoms with van der Waals surface area (Å²) >= 11 is 0. The second-order valence-electron chi connectivity index (χ2n) is 9.74. The minimum absolute atomic E-state index is 0.115. The molecule has 0 saturated carbocycles. The molecule has 3 aromatic rings. The van der Waals surface area contributed by atoms with E-state index in [0.29, 0.717) is 29.7 Å². The van der Waals surface area contributed by atoms with E-state index in [0.717, 1.165) is 53.8 Å². The van der Waals surface area contributed by atoms with Gasteiger partial charge in [-0.3, -0.25) is 9.78 Å². The van der Waals surface area contributed by atoms with Crippen LogP contribution in [0.1, 0.15) is 30.5 Å². The van der Waals surface area contributed by atoms with Crippen molar-refractivity contribution in [2.75, 3.05) is 26.2 Å². The predicted octanol–water partition coefficient (Wildman–Crippen LogP) is 3.50. The molecule has 0 bridgehead atoms. The number of aromatic nitrogens is 2. The van der Waals surface area contributed by atoms with E-state index in [9.17, 15) is 9.18 Å². The fourth-order valence-electron chi connectivity index (χ4n) is 5.12. The highest BCUT2D eigenvalue weighted by Crippen LogP contribution is 2.31. The van der Waals surface area contributed by atoms with Crippen molar-refractivity contribution in [3.63, 3.8) is 0 Å². The van der Waals surface area contributed by atoms with E-state index in [1.807, 2.05) is 24.8 Å². The molecule has 2 aromatic heterocycles. The Bertz CT molecular complexity index is 1390. The molecule has 0 aliphatic carbocycles. The van der Waals surface area contributed by atoms with E-state index in [1.165, 1.54) is 6.07 Å². The third-order valence-electron chi connectivity index (χ3n) is 7.06. The summed E-state index contributed by atoms with van der Waals surface area (Å²) in [5, 5.41) is 8.04. The monoisotopic (exact) mass is 501 g/mol. The van der Waals surface area contributed by atoms with Crippen LogP contribution in [0.5, 0.6) is 0 Å². The highest BCUT2D eigenvalue weighted by Gasteiger charge is 2.27. The Morgan fingerprint density at radius 2 is 1.92 bits per heavy atom. The quantitative estimate of drug-likeness (QED) is 0.373. The Kier molecular flexibility index (Phi) is 7.14. The summed E-state index contributed by atoms with van der Waals surface area (Å²) in [5.74, 6) is 0.511. The first-order valence-corrected chi connectivity index (χ1v) is 12.7. The molecule has 192 valence electrons. The van der Waals surface area contributed by atoms with Crippen molar-refractivity contribution < 1.29 is 9.18 Å². The number of aliphatic imine (C=N–C) groups is 1. The average Bonchev–Trinajstić information content (AvgIpc) is 3.06. The number of nitrogens with one attached hydrogen (secondary N) is 2. The van der Waals surface area contributed by atoms with Gasteiger partial charge >= 0.3 is 0 Å². The first kappa shape index (κ1) is 24.8. The fraction of sp³-hybridized carbons (Fsp3) is 0.357. The molecule has 4 N–H and O–H groups in total. The van der Waals surface area contributed by atoms with E-state index in [2.05, 4.69) is 25.6 Å². The highest BCUT2D eigenvalue weighted by atomic mass is 19.1. The Morgan fingerprint density at radius 1 is 1.11 bits per heavy atom. The van der Waals surface area contributed by atoms with Crippen LogP contribution in [0, 0.1) is 19.7 Å². The number of benzene rings is 1. The number of pyridine rings is 2. The lowest BCUT2D eigenvalue weighted by Crippen LogP contribution is -2.47. The number of amidine groups is 1. The number of rotatable bonds is 4. The van der Waals surface area contributed by atoms with Crippen molar-refractivity contribution in [3.8, 4) is 11.1 Å². The fourth-order valence-corrected chi connectivity index (χ4v) is 5.12. The number of halogens is 1. The van der Waals surface area contributed by atoms with Crippen molar-refractivity contribution in [2.24, 2.45) is 10.7 Å². The number of hydrogen-bond donors (Lipinski definition) is 3. The van der Waals surface area contributed by atoms with Gasteiger partial charge in [0.05, 0.1) is 6.54 Å². The van der Waals surface area contributed by atoms with Crippen LogP contribution in [0.25, 0.3) is 21.9 Å². The number of nitrogens with two attached hydrogens (primary N) is 1. The maximum absolute atomic E-state index is 14.9. The zero-order chi connectivity index (χ0) is 25.9. The summed E-state index contributed by atoms with van der Waals surface area (Å²) < 4.78 is 14.9. The molecule has 2 aliphatic heterocycles. The zero-order valence-electron chi connectivity index (χ0n) is 21.2. The first-order valence-electron chi connectivity index (χ1n) is 12.7. The van der Waals surface area contributed by atoms with E-state index in [-0.39, 0.29) is 30.1 Å². The van der Waals surface area contributed by atoms with E-state index >= 15 is 0 Å². The largest absolute Gasteiger partial charge is 0.384 e. The van der Waals surface area contributed by atoms with Gasteiger partial charge in [-0.2, -0.15) is 0 Å². The van der Waals surface area contributed by atoms with Crippen molar-refractivity contribution in [1.82, 2.24) is 25.5 Å². The van der Waals surface area contributed by atoms with E-state index in [4.69, 9.17) is 5.73 Å². The SMILES string of the molecule is Cc1cc(C)c(-c2cc3cc(/N=C(N)\C=C4\CCN(C5CCNCC5)C(=O)CN4)ncc3cc2F)cn1. The summed E-state index contributed by atoms with van der Waals surface area (Å²) in [4.78, 5) is 27.8. The third-order valence-corrected chi connectivity index (χ3v) is 7.06. The standard InChI is InChI=1S/C28H32FN7O/c1-17-9-18(2)32-15-24(17)23-10-19-12-27(34-14-20(19)11-25(23)29)35-26(30)13-21-5-8-36(28(37)16-33-21)22-3-6-31-7-4-22/h9-15,22,31,33H,3-8,16H2,1-2H3,(H2,30,34,35)/b21-13-. The maximum atomic E-state index is 14.9. The van der Waals surface area contributed by atoms with Gasteiger partial charge in [-0.25, -0.2) is 14.4 Å². The molecule has 0 radical (unpaired) electrons. The van der Waals surface area contributed by atoms with Gasteiger partial charge in [-0.05, 0) is 81.1 Å². The molecule has 5 rings (SSSR count).